The van der Waals surface area contributed by atoms with Crippen LogP contribution in [-0.4, -0.2) is 31.8 Å². The van der Waals surface area contributed by atoms with E-state index < -0.39 is 11.7 Å². The van der Waals surface area contributed by atoms with E-state index in [2.05, 4.69) is 10.3 Å². The van der Waals surface area contributed by atoms with Gasteiger partial charge in [0.05, 0.1) is 12.7 Å². The van der Waals surface area contributed by atoms with Crippen LogP contribution in [0.3, 0.4) is 0 Å². The van der Waals surface area contributed by atoms with Crippen LogP contribution in [0.1, 0.15) is 26.3 Å². The molecule has 0 N–H and O–H groups in total. The molecule has 0 aliphatic carbocycles. The van der Waals surface area contributed by atoms with E-state index in [0.717, 1.165) is 11.3 Å². The van der Waals surface area contributed by atoms with Crippen LogP contribution < -0.4 is 0 Å². The van der Waals surface area contributed by atoms with Crippen molar-refractivity contribution in [1.29, 1.82) is 0 Å². The normalized spacial score (nSPS) is 11.3. The predicted molar refractivity (Wildman–Crippen MR) is 79.3 cm³/mol. The van der Waals surface area contributed by atoms with E-state index in [1.54, 1.807) is 50.8 Å². The molecule has 7 heteroatoms. The minimum absolute atomic E-state index is 0.0581. The van der Waals surface area contributed by atoms with Crippen LogP contribution in [0.4, 0.5) is 9.28 Å². The third kappa shape index (κ3) is 4.28. The number of benzene rings is 1. The molecule has 0 aliphatic rings. The molecule has 0 atom stereocenters. The predicted octanol–water partition coefficient (Wildman–Crippen LogP) is 3.10. The number of aromatic nitrogens is 3. The molecule has 0 fully saturated rings. The van der Waals surface area contributed by atoms with E-state index in [0.29, 0.717) is 5.56 Å². The molecule has 22 heavy (non-hydrogen) atoms. The molecular weight excluding hydrogens is 287 g/mol. The lowest BCUT2D eigenvalue weighted by atomic mass is 10.1. The van der Waals surface area contributed by atoms with Crippen LogP contribution in [-0.2, 0) is 18.3 Å². The number of amides is 1. The van der Waals surface area contributed by atoms with Gasteiger partial charge < -0.3 is 4.74 Å². The van der Waals surface area contributed by atoms with Crippen molar-refractivity contribution in [3.63, 3.8) is 0 Å². The zero-order valence-corrected chi connectivity index (χ0v) is 13.1. The first-order chi connectivity index (χ1) is 10.2. The second-order valence-corrected chi connectivity index (χ2v) is 5.97. The number of aryl methyl sites for hydroxylation is 1. The standard InChI is InChI=1S/C15H19FN4O2/c1-15(2,3)22-14(21)20(16)9-11-5-7-12(8-6-11)13-10-19(4)18-17-13/h5-8,10H,9H2,1-4H3. The summed E-state index contributed by atoms with van der Waals surface area (Å²) in [5.74, 6) is 0. The maximum Gasteiger partial charge on any atom is 0.438 e. The Bertz CT molecular complexity index is 646. The van der Waals surface area contributed by atoms with Gasteiger partial charge in [0.1, 0.15) is 11.3 Å². The number of carbonyl (C=O) groups is 1. The maximum atomic E-state index is 13.8. The summed E-state index contributed by atoms with van der Waals surface area (Å²) in [6, 6.07) is 7.09. The molecule has 0 saturated heterocycles. The Morgan fingerprint density at radius 2 is 1.95 bits per heavy atom. The third-order valence-corrected chi connectivity index (χ3v) is 2.77. The Labute approximate surface area is 128 Å². The van der Waals surface area contributed by atoms with E-state index in [9.17, 15) is 9.28 Å². The third-order valence-electron chi connectivity index (χ3n) is 2.77. The molecule has 2 rings (SSSR count). The fourth-order valence-corrected chi connectivity index (χ4v) is 1.80. The summed E-state index contributed by atoms with van der Waals surface area (Å²) in [7, 11) is 1.78. The van der Waals surface area contributed by atoms with E-state index in [1.807, 2.05) is 12.1 Å². The summed E-state index contributed by atoms with van der Waals surface area (Å²) in [4.78, 5) is 11.6. The molecule has 0 unspecified atom stereocenters. The fourth-order valence-electron chi connectivity index (χ4n) is 1.80. The summed E-state index contributed by atoms with van der Waals surface area (Å²) in [6.07, 6.45) is 0.794. The van der Waals surface area contributed by atoms with Gasteiger partial charge in [0.15, 0.2) is 0 Å². The highest BCUT2D eigenvalue weighted by atomic mass is 19.2. The monoisotopic (exact) mass is 306 g/mol. The average molecular weight is 306 g/mol. The Kier molecular flexibility index (Phi) is 4.44. The van der Waals surface area contributed by atoms with E-state index >= 15 is 0 Å². The van der Waals surface area contributed by atoms with Crippen LogP contribution in [0.15, 0.2) is 30.5 Å². The van der Waals surface area contributed by atoms with Gasteiger partial charge in [0.2, 0.25) is 0 Å². The zero-order chi connectivity index (χ0) is 16.3. The first-order valence-electron chi connectivity index (χ1n) is 6.86. The molecule has 2 aromatic rings. The van der Waals surface area contributed by atoms with Crippen molar-refractivity contribution in [3.8, 4) is 11.3 Å². The Hall–Kier alpha value is -2.44. The minimum Gasteiger partial charge on any atom is -0.442 e. The number of ether oxygens (including phenoxy) is 1. The summed E-state index contributed by atoms with van der Waals surface area (Å²) in [5.41, 5.74) is 1.54. The SMILES string of the molecule is Cn1cc(-c2ccc(CN(F)C(=O)OC(C)(C)C)cc2)nn1. The number of halogens is 1. The largest absolute Gasteiger partial charge is 0.442 e. The molecule has 118 valence electrons. The smallest absolute Gasteiger partial charge is 0.438 e. The highest BCUT2D eigenvalue weighted by molar-refractivity contribution is 5.66. The van der Waals surface area contributed by atoms with Crippen molar-refractivity contribution < 1.29 is 14.0 Å². The molecule has 1 heterocycles. The highest BCUT2D eigenvalue weighted by Gasteiger charge is 2.22. The average Bonchev–Trinajstić information content (AvgIpc) is 2.84. The highest BCUT2D eigenvalue weighted by Crippen LogP contribution is 2.18. The second kappa shape index (κ2) is 6.13. The topological polar surface area (TPSA) is 60.2 Å². The van der Waals surface area contributed by atoms with Crippen LogP contribution >= 0.6 is 0 Å². The number of rotatable bonds is 3. The van der Waals surface area contributed by atoms with Crippen molar-refractivity contribution in [2.24, 2.45) is 7.05 Å². The summed E-state index contributed by atoms with van der Waals surface area (Å²) < 4.78 is 20.3. The maximum absolute atomic E-state index is 13.8. The van der Waals surface area contributed by atoms with Gasteiger partial charge >= 0.3 is 6.09 Å². The number of hydrogen-bond acceptors (Lipinski definition) is 4. The molecule has 1 aromatic carbocycles. The zero-order valence-electron chi connectivity index (χ0n) is 13.1. The first kappa shape index (κ1) is 15.9. The number of nitrogens with zero attached hydrogens (tertiary/aromatic N) is 4. The van der Waals surface area contributed by atoms with E-state index in [4.69, 9.17) is 4.74 Å². The van der Waals surface area contributed by atoms with Gasteiger partial charge in [-0.05, 0) is 26.3 Å². The molecule has 0 bridgehead atoms. The van der Waals surface area contributed by atoms with Crippen LogP contribution in [0.25, 0.3) is 11.3 Å². The second-order valence-electron chi connectivity index (χ2n) is 5.97. The molecule has 0 spiro atoms. The molecule has 0 aliphatic heterocycles. The van der Waals surface area contributed by atoms with E-state index in [-0.39, 0.29) is 11.7 Å². The van der Waals surface area contributed by atoms with Gasteiger partial charge in [-0.3, -0.25) is 4.68 Å². The van der Waals surface area contributed by atoms with Gasteiger partial charge in [0, 0.05) is 12.6 Å². The van der Waals surface area contributed by atoms with Gasteiger partial charge in [0.25, 0.3) is 0 Å². The molecule has 0 radical (unpaired) electrons. The molecular formula is C15H19FN4O2. The van der Waals surface area contributed by atoms with Crippen molar-refractivity contribution in [2.45, 2.75) is 32.9 Å². The number of carbonyl (C=O) groups excluding carboxylic acids is 1. The number of hydrogen-bond donors (Lipinski definition) is 0. The first-order valence-corrected chi connectivity index (χ1v) is 6.86. The van der Waals surface area contributed by atoms with Gasteiger partial charge in [-0.15, -0.1) is 10.2 Å². The van der Waals surface area contributed by atoms with Gasteiger partial charge in [-0.25, -0.2) is 4.79 Å². The Morgan fingerprint density at radius 3 is 2.45 bits per heavy atom. The molecule has 0 saturated carbocycles. The van der Waals surface area contributed by atoms with Crippen LogP contribution in [0.2, 0.25) is 0 Å². The quantitative estimate of drug-likeness (QED) is 0.818. The van der Waals surface area contributed by atoms with Crippen molar-refractivity contribution in [1.82, 2.24) is 20.1 Å². The van der Waals surface area contributed by atoms with Crippen molar-refractivity contribution >= 4 is 6.09 Å². The Morgan fingerprint density at radius 1 is 1.32 bits per heavy atom. The lowest BCUT2D eigenvalue weighted by molar-refractivity contribution is -0.0350. The Balaban J connectivity index is 2.00. The van der Waals surface area contributed by atoms with E-state index in [1.165, 1.54) is 0 Å². The molecule has 1 amide bonds. The van der Waals surface area contributed by atoms with Gasteiger partial charge in [-0.1, -0.05) is 34.0 Å². The van der Waals surface area contributed by atoms with Crippen molar-refractivity contribution in [3.05, 3.63) is 36.0 Å². The lowest BCUT2D eigenvalue weighted by Crippen LogP contribution is -2.31. The van der Waals surface area contributed by atoms with Crippen LogP contribution in [0, 0.1) is 0 Å². The molecule has 1 aromatic heterocycles. The van der Waals surface area contributed by atoms with Crippen molar-refractivity contribution in [2.75, 3.05) is 0 Å². The summed E-state index contributed by atoms with van der Waals surface area (Å²) in [6.45, 7) is 4.90. The molecule has 6 nitrogen and oxygen atoms in total. The lowest BCUT2D eigenvalue weighted by Gasteiger charge is -2.22. The van der Waals surface area contributed by atoms with Crippen LogP contribution in [0.5, 0.6) is 0 Å². The fraction of sp³-hybridized carbons (Fsp3) is 0.400. The van der Waals surface area contributed by atoms with Gasteiger partial charge in [-0.2, -0.15) is 0 Å². The summed E-state index contributed by atoms with van der Waals surface area (Å²) in [5, 5.41) is 7.92. The summed E-state index contributed by atoms with van der Waals surface area (Å²) >= 11 is 0. The minimum atomic E-state index is -0.995.